The molecule has 2 heteroatoms. The maximum atomic E-state index is 3.47. The van der Waals surface area contributed by atoms with Crippen LogP contribution >= 0.6 is 12.4 Å². The lowest BCUT2D eigenvalue weighted by Gasteiger charge is -2.33. The second-order valence-corrected chi connectivity index (χ2v) is 3.22. The van der Waals surface area contributed by atoms with Crippen molar-refractivity contribution in [3.8, 4) is 0 Å². The van der Waals surface area contributed by atoms with Crippen molar-refractivity contribution in [2.24, 2.45) is 5.92 Å². The van der Waals surface area contributed by atoms with Gasteiger partial charge in [-0.2, -0.15) is 0 Å². The van der Waals surface area contributed by atoms with Gasteiger partial charge in [-0.25, -0.2) is 0 Å². The van der Waals surface area contributed by atoms with Crippen molar-refractivity contribution in [3.05, 3.63) is 0 Å². The van der Waals surface area contributed by atoms with Gasteiger partial charge in [0.1, 0.15) is 0 Å². The molecule has 0 spiro atoms. The predicted molar refractivity (Wildman–Crippen MR) is 36.4 cm³/mol. The number of fused-ring (bicyclic) bond motifs is 1. The monoisotopic (exact) mass is 133 g/mol. The van der Waals surface area contributed by atoms with E-state index >= 15 is 0 Å². The van der Waals surface area contributed by atoms with Crippen molar-refractivity contribution in [2.75, 3.05) is 6.54 Å². The van der Waals surface area contributed by atoms with Gasteiger partial charge in [0.2, 0.25) is 0 Å². The Hall–Kier alpha value is 0.250. The Morgan fingerprint density at radius 3 is 2.25 bits per heavy atom. The highest BCUT2D eigenvalue weighted by Crippen LogP contribution is 2.42. The van der Waals surface area contributed by atoms with Crippen molar-refractivity contribution >= 4 is 12.4 Å². The van der Waals surface area contributed by atoms with Crippen LogP contribution in [0.2, 0.25) is 0 Å². The van der Waals surface area contributed by atoms with E-state index in [1.807, 2.05) is 0 Å². The molecule has 0 aromatic rings. The molecule has 2 aliphatic heterocycles. The van der Waals surface area contributed by atoms with Gasteiger partial charge >= 0.3 is 0 Å². The average molecular weight is 134 g/mol. The van der Waals surface area contributed by atoms with Gasteiger partial charge in [0.25, 0.3) is 0 Å². The zero-order chi connectivity index (χ0) is 4.91. The molecule has 0 aromatic heterocycles. The number of hydrogen-bond donors (Lipinski definition) is 1. The van der Waals surface area contributed by atoms with Gasteiger partial charge < -0.3 is 5.32 Å². The second kappa shape index (κ2) is 1.61. The molecule has 2 bridgehead atoms. The summed E-state index contributed by atoms with van der Waals surface area (Å²) >= 11 is 0. The normalized spacial score (nSPS) is 49.9. The molecule has 0 amide bonds. The van der Waals surface area contributed by atoms with E-state index in [0.717, 1.165) is 5.92 Å². The molecule has 0 atom stereocenters. The Morgan fingerprint density at radius 1 is 1.50 bits per heavy atom. The third kappa shape index (κ3) is 0.652. The summed E-state index contributed by atoms with van der Waals surface area (Å²) < 4.78 is 0. The van der Waals surface area contributed by atoms with Gasteiger partial charge in [-0.3, -0.25) is 0 Å². The van der Waals surface area contributed by atoms with Crippen molar-refractivity contribution in [2.45, 2.75) is 25.3 Å². The fourth-order valence-corrected chi connectivity index (χ4v) is 1.89. The molecule has 2 saturated heterocycles. The van der Waals surface area contributed by atoms with E-state index in [4.69, 9.17) is 0 Å². The van der Waals surface area contributed by atoms with E-state index in [-0.39, 0.29) is 12.4 Å². The molecule has 8 heavy (non-hydrogen) atoms. The molecule has 1 saturated carbocycles. The average Bonchev–Trinajstić information content (AvgIpc) is 1.88. The largest absolute Gasteiger partial charge is 0.311 e. The molecule has 2 heterocycles. The summed E-state index contributed by atoms with van der Waals surface area (Å²) in [6, 6.07) is 0. The quantitative estimate of drug-likeness (QED) is 0.524. The molecule has 1 aliphatic carbocycles. The fraction of sp³-hybridized carbons (Fsp3) is 1.00. The summed E-state index contributed by atoms with van der Waals surface area (Å²) in [5, 5.41) is 3.47. The van der Waals surface area contributed by atoms with Crippen LogP contribution in [0.25, 0.3) is 0 Å². The Balaban J connectivity index is 0.000000320. The summed E-state index contributed by atoms with van der Waals surface area (Å²) in [7, 11) is 0. The predicted octanol–water partition coefficient (Wildman–Crippen LogP) is 1.18. The van der Waals surface area contributed by atoms with Crippen molar-refractivity contribution < 1.29 is 0 Å². The van der Waals surface area contributed by atoms with E-state index in [9.17, 15) is 0 Å². The molecule has 0 radical (unpaired) electrons. The van der Waals surface area contributed by atoms with E-state index in [2.05, 4.69) is 12.2 Å². The molecule has 1 N–H and O–H groups in total. The number of rotatable bonds is 0. The van der Waals surface area contributed by atoms with Gasteiger partial charge in [-0.15, -0.1) is 12.4 Å². The molecule has 1 nitrogen and oxygen atoms in total. The van der Waals surface area contributed by atoms with Gasteiger partial charge in [-0.1, -0.05) is 0 Å². The van der Waals surface area contributed by atoms with E-state index in [1.54, 1.807) is 0 Å². The second-order valence-electron chi connectivity index (χ2n) is 3.22. The molecule has 0 unspecified atom stereocenters. The van der Waals surface area contributed by atoms with Crippen LogP contribution in [0.5, 0.6) is 0 Å². The SMILES string of the molecule is CC12CC(CN1)C2.Cl. The lowest BCUT2D eigenvalue weighted by molar-refractivity contribution is 0.251. The van der Waals surface area contributed by atoms with Crippen LogP contribution in [0.15, 0.2) is 0 Å². The van der Waals surface area contributed by atoms with Crippen molar-refractivity contribution in [1.82, 2.24) is 5.32 Å². The number of halogens is 1. The Morgan fingerprint density at radius 2 is 2.12 bits per heavy atom. The molecular weight excluding hydrogens is 122 g/mol. The summed E-state index contributed by atoms with van der Waals surface area (Å²) in [5.41, 5.74) is 0.588. The van der Waals surface area contributed by atoms with E-state index < -0.39 is 0 Å². The van der Waals surface area contributed by atoms with Gasteiger partial charge in [0, 0.05) is 5.54 Å². The maximum absolute atomic E-state index is 3.47. The van der Waals surface area contributed by atoms with Crippen LogP contribution in [-0.2, 0) is 0 Å². The molecule has 0 aromatic carbocycles. The highest BCUT2D eigenvalue weighted by Gasteiger charge is 2.45. The highest BCUT2D eigenvalue weighted by molar-refractivity contribution is 5.85. The standard InChI is InChI=1S/C6H11N.ClH/c1-6-2-5(3-6)4-7-6;/h5,7H,2-4H2,1H3;1H. The van der Waals surface area contributed by atoms with Crippen molar-refractivity contribution in [3.63, 3.8) is 0 Å². The van der Waals surface area contributed by atoms with Gasteiger partial charge in [-0.05, 0) is 32.2 Å². The first-order valence-corrected chi connectivity index (χ1v) is 3.04. The first-order chi connectivity index (χ1) is 3.29. The summed E-state index contributed by atoms with van der Waals surface area (Å²) in [5.74, 6) is 1.05. The Labute approximate surface area is 56.3 Å². The first kappa shape index (κ1) is 6.37. The van der Waals surface area contributed by atoms with Crippen LogP contribution in [0.4, 0.5) is 0 Å². The van der Waals surface area contributed by atoms with Crippen LogP contribution in [0.1, 0.15) is 19.8 Å². The molecule has 3 aliphatic rings. The maximum Gasteiger partial charge on any atom is 0.0159 e. The topological polar surface area (TPSA) is 12.0 Å². The van der Waals surface area contributed by atoms with Crippen LogP contribution < -0.4 is 5.32 Å². The summed E-state index contributed by atoms with van der Waals surface area (Å²) in [4.78, 5) is 0. The number of hydrogen-bond acceptors (Lipinski definition) is 1. The molecule has 48 valence electrons. The van der Waals surface area contributed by atoms with E-state index in [0.29, 0.717) is 5.54 Å². The third-order valence-corrected chi connectivity index (χ3v) is 2.30. The smallest absolute Gasteiger partial charge is 0.0159 e. The minimum absolute atomic E-state index is 0. The molecular formula is C6H12ClN. The summed E-state index contributed by atoms with van der Waals surface area (Å²) in [6.07, 6.45) is 2.88. The lowest BCUT2D eigenvalue weighted by Crippen LogP contribution is -2.39. The van der Waals surface area contributed by atoms with E-state index in [1.165, 1.54) is 19.4 Å². The third-order valence-electron chi connectivity index (χ3n) is 2.30. The van der Waals surface area contributed by atoms with Crippen LogP contribution in [-0.4, -0.2) is 12.1 Å². The Bertz CT molecular complexity index is 91.2. The van der Waals surface area contributed by atoms with Crippen molar-refractivity contribution in [1.29, 1.82) is 0 Å². The zero-order valence-corrected chi connectivity index (χ0v) is 5.92. The van der Waals surface area contributed by atoms with Gasteiger partial charge in [0.05, 0.1) is 0 Å². The number of nitrogens with one attached hydrogen (secondary N) is 1. The van der Waals surface area contributed by atoms with Gasteiger partial charge in [0.15, 0.2) is 0 Å². The lowest BCUT2D eigenvalue weighted by atomic mass is 9.75. The fourth-order valence-electron chi connectivity index (χ4n) is 1.89. The highest BCUT2D eigenvalue weighted by atomic mass is 35.5. The minimum atomic E-state index is 0. The molecule has 3 fully saturated rings. The first-order valence-electron chi connectivity index (χ1n) is 3.04. The van der Waals surface area contributed by atoms with Crippen LogP contribution in [0.3, 0.4) is 0 Å². The minimum Gasteiger partial charge on any atom is -0.311 e. The zero-order valence-electron chi connectivity index (χ0n) is 5.11. The Kier molecular flexibility index (Phi) is 1.28. The molecule has 3 rings (SSSR count). The van der Waals surface area contributed by atoms with Crippen LogP contribution in [0, 0.1) is 5.92 Å². The summed E-state index contributed by atoms with van der Waals surface area (Å²) in [6.45, 7) is 3.60.